The topological polar surface area (TPSA) is 64.6 Å². The summed E-state index contributed by atoms with van der Waals surface area (Å²) >= 11 is 2.23. The number of amides is 1. The number of nitrogens with one attached hydrogen (secondary N) is 1. The van der Waals surface area contributed by atoms with Crippen molar-refractivity contribution in [2.45, 2.75) is 51.9 Å². The number of alkyl carbamates (subject to hydrolysis) is 1. The lowest BCUT2D eigenvalue weighted by molar-refractivity contribution is -0.157. The zero-order chi connectivity index (χ0) is 17.3. The van der Waals surface area contributed by atoms with Crippen LogP contribution in [0.3, 0.4) is 0 Å². The molecule has 5 nitrogen and oxygen atoms in total. The van der Waals surface area contributed by atoms with E-state index in [0.29, 0.717) is 6.42 Å². The van der Waals surface area contributed by atoms with Crippen LogP contribution in [0.15, 0.2) is 30.3 Å². The maximum absolute atomic E-state index is 12.2. The van der Waals surface area contributed by atoms with Gasteiger partial charge < -0.3 is 14.8 Å². The summed E-state index contributed by atoms with van der Waals surface area (Å²) < 4.78 is 11.4. The molecule has 0 saturated heterocycles. The molecule has 0 aliphatic carbocycles. The van der Waals surface area contributed by atoms with E-state index in [4.69, 9.17) is 9.47 Å². The standard InChI is InChI=1S/C17H24INO4/c1-17(2,3)23-15(20)14(10-7-11-18)19-16(21)22-12-13-8-5-4-6-9-13/h4-6,8-9,14H,7,10-12H2,1-3H3,(H,19,21). The first kappa shape index (κ1) is 19.7. The minimum Gasteiger partial charge on any atom is -0.458 e. The Hall–Kier alpha value is -1.31. The highest BCUT2D eigenvalue weighted by Crippen LogP contribution is 2.12. The lowest BCUT2D eigenvalue weighted by Gasteiger charge is -2.24. The summed E-state index contributed by atoms with van der Waals surface area (Å²) in [5.41, 5.74) is 0.304. The van der Waals surface area contributed by atoms with E-state index >= 15 is 0 Å². The lowest BCUT2D eigenvalue weighted by atomic mass is 10.1. The summed E-state index contributed by atoms with van der Waals surface area (Å²) in [5, 5.41) is 2.61. The second-order valence-electron chi connectivity index (χ2n) is 6.12. The average molecular weight is 433 g/mol. The molecule has 0 spiro atoms. The third-order valence-electron chi connectivity index (χ3n) is 2.82. The number of ether oxygens (including phenoxy) is 2. The molecule has 1 N–H and O–H groups in total. The Morgan fingerprint density at radius 1 is 1.22 bits per heavy atom. The Morgan fingerprint density at radius 3 is 2.43 bits per heavy atom. The van der Waals surface area contributed by atoms with Crippen molar-refractivity contribution in [2.75, 3.05) is 4.43 Å². The van der Waals surface area contributed by atoms with E-state index in [-0.39, 0.29) is 6.61 Å². The minimum absolute atomic E-state index is 0.167. The second-order valence-corrected chi connectivity index (χ2v) is 7.20. The molecule has 0 aromatic heterocycles. The van der Waals surface area contributed by atoms with Gasteiger partial charge in [0.25, 0.3) is 0 Å². The van der Waals surface area contributed by atoms with Gasteiger partial charge >= 0.3 is 12.1 Å². The average Bonchev–Trinajstić information content (AvgIpc) is 2.48. The van der Waals surface area contributed by atoms with E-state index in [0.717, 1.165) is 16.4 Å². The third kappa shape index (κ3) is 8.78. The van der Waals surface area contributed by atoms with Crippen molar-refractivity contribution >= 4 is 34.7 Å². The van der Waals surface area contributed by atoms with Gasteiger partial charge in [-0.1, -0.05) is 52.9 Å². The molecule has 0 saturated carbocycles. The van der Waals surface area contributed by atoms with E-state index in [1.807, 2.05) is 30.3 Å². The molecule has 1 rings (SSSR count). The molecule has 0 aliphatic rings. The molecule has 23 heavy (non-hydrogen) atoms. The number of rotatable bonds is 7. The van der Waals surface area contributed by atoms with Crippen LogP contribution < -0.4 is 5.32 Å². The van der Waals surface area contributed by atoms with Crippen molar-refractivity contribution in [3.63, 3.8) is 0 Å². The van der Waals surface area contributed by atoms with Crippen molar-refractivity contribution < 1.29 is 19.1 Å². The predicted molar refractivity (Wildman–Crippen MR) is 97.5 cm³/mol. The lowest BCUT2D eigenvalue weighted by Crippen LogP contribution is -2.44. The second kappa shape index (κ2) is 9.75. The van der Waals surface area contributed by atoms with Crippen LogP contribution in [0.5, 0.6) is 0 Å². The van der Waals surface area contributed by atoms with Gasteiger partial charge in [0, 0.05) is 0 Å². The number of hydrogen-bond acceptors (Lipinski definition) is 4. The Morgan fingerprint density at radius 2 is 1.87 bits per heavy atom. The highest BCUT2D eigenvalue weighted by atomic mass is 127. The molecule has 1 atom stereocenters. The van der Waals surface area contributed by atoms with E-state index in [9.17, 15) is 9.59 Å². The summed E-state index contributed by atoms with van der Waals surface area (Å²) in [7, 11) is 0. The number of esters is 1. The van der Waals surface area contributed by atoms with Gasteiger partial charge in [-0.05, 0) is 43.6 Å². The Labute approximate surface area is 151 Å². The molecule has 0 radical (unpaired) electrons. The van der Waals surface area contributed by atoms with Crippen molar-refractivity contribution in [3.05, 3.63) is 35.9 Å². The molecule has 0 aliphatic heterocycles. The van der Waals surface area contributed by atoms with Crippen LogP contribution in [0.1, 0.15) is 39.2 Å². The number of hydrogen-bond donors (Lipinski definition) is 1. The summed E-state index contributed by atoms with van der Waals surface area (Å²) in [5.74, 6) is -0.431. The van der Waals surface area contributed by atoms with Crippen molar-refractivity contribution in [3.8, 4) is 0 Å². The Bertz CT molecular complexity index is 499. The minimum atomic E-state index is -0.688. The smallest absolute Gasteiger partial charge is 0.408 e. The highest BCUT2D eigenvalue weighted by Gasteiger charge is 2.26. The number of benzene rings is 1. The van der Waals surface area contributed by atoms with Gasteiger partial charge in [-0.25, -0.2) is 9.59 Å². The van der Waals surface area contributed by atoms with Crippen LogP contribution in [0.2, 0.25) is 0 Å². The van der Waals surface area contributed by atoms with Crippen LogP contribution in [0.4, 0.5) is 4.79 Å². The molecule has 6 heteroatoms. The van der Waals surface area contributed by atoms with Crippen LogP contribution in [0.25, 0.3) is 0 Å². The molecule has 0 heterocycles. The maximum Gasteiger partial charge on any atom is 0.408 e. The molecule has 1 aromatic carbocycles. The third-order valence-corrected chi connectivity index (χ3v) is 3.59. The predicted octanol–water partition coefficient (Wildman–Crippen LogP) is 3.84. The fourth-order valence-corrected chi connectivity index (χ4v) is 2.25. The van der Waals surface area contributed by atoms with E-state index < -0.39 is 23.7 Å². The Kier molecular flexibility index (Phi) is 8.36. The maximum atomic E-state index is 12.2. The van der Waals surface area contributed by atoms with E-state index in [1.54, 1.807) is 20.8 Å². The Balaban J connectivity index is 2.54. The number of carbonyl (C=O) groups is 2. The van der Waals surface area contributed by atoms with Gasteiger partial charge in [0.2, 0.25) is 0 Å². The van der Waals surface area contributed by atoms with Gasteiger partial charge in [-0.3, -0.25) is 0 Å². The van der Waals surface area contributed by atoms with Gasteiger partial charge in [0.05, 0.1) is 0 Å². The SMILES string of the molecule is CC(C)(C)OC(=O)C(CCCI)NC(=O)OCc1ccccc1. The molecular formula is C17H24INO4. The summed E-state index contributed by atoms with van der Waals surface area (Å²) in [6, 6.07) is 8.70. The number of alkyl halides is 1. The van der Waals surface area contributed by atoms with Crippen LogP contribution >= 0.6 is 22.6 Å². The molecule has 1 unspecified atom stereocenters. The van der Waals surface area contributed by atoms with E-state index in [2.05, 4.69) is 27.9 Å². The summed E-state index contributed by atoms with van der Waals surface area (Å²) in [4.78, 5) is 24.1. The number of carbonyl (C=O) groups excluding carboxylic acids is 2. The van der Waals surface area contributed by atoms with Gasteiger partial charge in [0.15, 0.2) is 0 Å². The molecule has 0 bridgehead atoms. The van der Waals surface area contributed by atoms with Gasteiger partial charge in [0.1, 0.15) is 18.2 Å². The van der Waals surface area contributed by atoms with Gasteiger partial charge in [-0.2, -0.15) is 0 Å². The van der Waals surface area contributed by atoms with Crippen molar-refractivity contribution in [1.29, 1.82) is 0 Å². The first-order valence-corrected chi connectivity index (χ1v) is 9.10. The molecule has 128 valence electrons. The largest absolute Gasteiger partial charge is 0.458 e. The van der Waals surface area contributed by atoms with Crippen LogP contribution in [-0.2, 0) is 20.9 Å². The van der Waals surface area contributed by atoms with Crippen molar-refractivity contribution in [2.24, 2.45) is 0 Å². The van der Waals surface area contributed by atoms with Gasteiger partial charge in [-0.15, -0.1) is 0 Å². The first-order chi connectivity index (χ1) is 10.8. The van der Waals surface area contributed by atoms with Crippen molar-refractivity contribution in [1.82, 2.24) is 5.32 Å². The summed E-state index contributed by atoms with van der Waals surface area (Å²) in [6.45, 7) is 5.57. The zero-order valence-electron chi connectivity index (χ0n) is 13.8. The number of halogens is 1. The van der Waals surface area contributed by atoms with E-state index in [1.165, 1.54) is 0 Å². The normalized spacial score (nSPS) is 12.3. The zero-order valence-corrected chi connectivity index (χ0v) is 16.0. The monoisotopic (exact) mass is 433 g/mol. The molecule has 0 fully saturated rings. The fraction of sp³-hybridized carbons (Fsp3) is 0.529. The van der Waals surface area contributed by atoms with Crippen LogP contribution in [-0.4, -0.2) is 28.1 Å². The molecular weight excluding hydrogens is 409 g/mol. The first-order valence-electron chi connectivity index (χ1n) is 7.58. The van der Waals surface area contributed by atoms with Crippen LogP contribution in [0, 0.1) is 0 Å². The highest BCUT2D eigenvalue weighted by molar-refractivity contribution is 14.1. The summed E-state index contributed by atoms with van der Waals surface area (Å²) in [6.07, 6.45) is 0.722. The molecule has 1 amide bonds. The molecule has 1 aromatic rings. The fourth-order valence-electron chi connectivity index (χ4n) is 1.81. The quantitative estimate of drug-likeness (QED) is 0.403.